The van der Waals surface area contributed by atoms with Crippen LogP contribution in [0.2, 0.25) is 0 Å². The summed E-state index contributed by atoms with van der Waals surface area (Å²) in [5.74, 6) is -0.801. The van der Waals surface area contributed by atoms with E-state index in [9.17, 15) is 9.59 Å². The fraction of sp³-hybridized carbons (Fsp3) is 0.259. The Bertz CT molecular complexity index is 1130. The Hall–Kier alpha value is 2.36. The van der Waals surface area contributed by atoms with E-state index in [-0.39, 0.29) is 40.4 Å². The maximum absolute atomic E-state index is 12.1. The molecule has 3 heterocycles. The Balaban J connectivity index is -0.000000645. The number of carbonyl (C=O) groups excluding carboxylic acids is 2. The molecule has 0 saturated carbocycles. The van der Waals surface area contributed by atoms with Gasteiger partial charge in [-0.05, 0) is 93.9 Å². The number of hydrogen-bond donors (Lipinski definition) is 1. The molecule has 43 heavy (non-hydrogen) atoms. The monoisotopic (exact) mass is 1360 g/mol. The number of amides is 2. The predicted molar refractivity (Wildman–Crippen MR) is 220 cm³/mol. The first-order valence-electron chi connectivity index (χ1n) is 11.3. The third-order valence-corrected chi connectivity index (χ3v) is 5.66. The predicted octanol–water partition coefficient (Wildman–Crippen LogP) is 10.7. The van der Waals surface area contributed by atoms with E-state index in [0.29, 0.717) is 27.0 Å². The first-order chi connectivity index (χ1) is 19.1. The Kier molecular flexibility index (Phi) is 35.2. The number of rotatable bonds is 8. The normalized spacial score (nSPS) is 10.7. The van der Waals surface area contributed by atoms with Gasteiger partial charge in [-0.1, -0.05) is 19.6 Å². The van der Waals surface area contributed by atoms with Crippen LogP contribution in [0, 0.1) is 14.9 Å². The van der Waals surface area contributed by atoms with Gasteiger partial charge in [0.2, 0.25) is 0 Å². The third kappa shape index (κ3) is 21.8. The van der Waals surface area contributed by atoms with Crippen molar-refractivity contribution < 1.29 is 33.9 Å². The van der Waals surface area contributed by atoms with Crippen LogP contribution in [0.4, 0.5) is 0 Å². The van der Waals surface area contributed by atoms with Gasteiger partial charge in [-0.2, -0.15) is 0 Å². The van der Waals surface area contributed by atoms with E-state index in [0.717, 1.165) is 44.7 Å². The van der Waals surface area contributed by atoms with Crippen LogP contribution in [0.15, 0.2) is 69.9 Å². The van der Waals surface area contributed by atoms with Crippen LogP contribution in [0.1, 0.15) is 52.4 Å². The Morgan fingerprint density at radius 1 is 0.814 bits per heavy atom. The van der Waals surface area contributed by atoms with Gasteiger partial charge in [0.15, 0.2) is 0 Å². The van der Waals surface area contributed by atoms with E-state index in [1.807, 2.05) is 24.3 Å². The van der Waals surface area contributed by atoms with E-state index < -0.39 is 11.8 Å². The first kappa shape index (κ1) is 49.7. The molecule has 0 fully saturated rings. The number of aromatic nitrogens is 2. The molecule has 1 aromatic carbocycles. The second-order valence-electron chi connectivity index (χ2n) is 7.41. The number of pyridine rings is 2. The van der Waals surface area contributed by atoms with Gasteiger partial charge in [-0.3, -0.25) is 24.4 Å². The van der Waals surface area contributed by atoms with Crippen LogP contribution in [0.5, 0.6) is 0 Å². The molecular weight excluding hydrogens is 1330 g/mol. The van der Waals surface area contributed by atoms with Crippen molar-refractivity contribution in [2.24, 2.45) is 0 Å². The minimum atomic E-state index is -0.401. The van der Waals surface area contributed by atoms with Crippen molar-refractivity contribution in [2.45, 2.75) is 33.1 Å². The zero-order chi connectivity index (χ0) is 29.9. The molecule has 0 bridgehead atoms. The number of hydroxylamine groups is 2. The average molecular weight is 1360 g/mol. The molecule has 0 atom stereocenters. The molecule has 7 nitrogen and oxygen atoms in total. The van der Waals surface area contributed by atoms with Crippen LogP contribution in [0.3, 0.4) is 0 Å². The summed E-state index contributed by atoms with van der Waals surface area (Å²) >= 11 is 18.8. The quantitative estimate of drug-likeness (QED) is 0.105. The summed E-state index contributed by atoms with van der Waals surface area (Å²) in [7, 11) is 0.628. The van der Waals surface area contributed by atoms with Crippen LogP contribution >= 0.6 is 132 Å². The molecule has 0 aliphatic carbocycles. The fourth-order valence-electron chi connectivity index (χ4n) is 3.06. The summed E-state index contributed by atoms with van der Waals surface area (Å²) in [6.45, 7) is 0.515. The van der Waals surface area contributed by atoms with Gasteiger partial charge >= 0.3 is 114 Å². The second kappa shape index (κ2) is 30.4. The van der Waals surface area contributed by atoms with Gasteiger partial charge in [0.05, 0.1) is 17.7 Å². The minimum absolute atomic E-state index is 0. The molecule has 0 unspecified atom stereocenters. The number of nitrogens with zero attached hydrogens (tertiary/aromatic N) is 3. The molecule has 0 saturated heterocycles. The van der Waals surface area contributed by atoms with Crippen LogP contribution in [-0.4, -0.2) is 45.2 Å². The van der Waals surface area contributed by atoms with Crippen molar-refractivity contribution in [2.75, 3.05) is 13.2 Å². The summed E-state index contributed by atoms with van der Waals surface area (Å²) in [5.41, 5.74) is 2.75. The molecule has 1 aliphatic heterocycles. The van der Waals surface area contributed by atoms with Gasteiger partial charge in [-0.25, -0.2) is 0 Å². The molecule has 0 spiro atoms. The van der Waals surface area contributed by atoms with Gasteiger partial charge < -0.3 is 20.0 Å². The number of aliphatic hydroxyl groups excluding tert-OH is 1. The van der Waals surface area contributed by atoms with Gasteiger partial charge in [0.25, 0.3) is 11.8 Å². The molecule has 0 radical (unpaired) electrons. The van der Waals surface area contributed by atoms with Crippen molar-refractivity contribution in [1.29, 1.82) is 0 Å². The standard InChI is InChI=1S/C16H13BrN2O3.C8H10BrNO.CH4.2CH3.5HI.2V/c17-11-7-8-12(18-10-11)4-3-9-22-19-15(20)13-5-1-2-6-14(13)16(19)21;9-7-3-4-8(10-6-7)2-1-5-11;;;;;;;;;;/h1-2,5-8,10H,3-4,9H2;3-4,6,11H,1-2,5H2;1H4;2*1H3;5*1H;;/q;;;2*-1;;;;;;+2;+3/p-5. The SMILES string of the molecule is C.O=C1c2ccccc2C(=O)N1OCCCc1ccc(Br)cn1.OCCCc1ccc(Br)cn1.[CH3-].[CH3-].[I][V]([I])[I].[I][V][I]. The molecule has 1 aliphatic rings. The van der Waals surface area contributed by atoms with Crippen molar-refractivity contribution in [3.05, 3.63) is 107 Å². The van der Waals surface area contributed by atoms with Crippen molar-refractivity contribution in [3.8, 4) is 0 Å². The molecule has 1 N–H and O–H groups in total. The summed E-state index contributed by atoms with van der Waals surface area (Å²) in [6.07, 6.45) is 6.53. The Morgan fingerprint density at radius 3 is 1.56 bits per heavy atom. The third-order valence-electron chi connectivity index (χ3n) is 4.72. The van der Waals surface area contributed by atoms with Crippen molar-refractivity contribution in [1.82, 2.24) is 15.0 Å². The number of hydrogen-bond acceptors (Lipinski definition) is 6. The van der Waals surface area contributed by atoms with Gasteiger partial charge in [0.1, 0.15) is 0 Å². The number of aliphatic hydroxyl groups is 1. The summed E-state index contributed by atoms with van der Waals surface area (Å²) in [6, 6.07) is 14.5. The fourth-order valence-corrected chi connectivity index (χ4v) is 3.53. The zero-order valence-corrected chi connectivity index (χ0v) is 39.3. The van der Waals surface area contributed by atoms with E-state index >= 15 is 0 Å². The number of imide groups is 1. The summed E-state index contributed by atoms with van der Waals surface area (Å²) in [5, 5.41) is 9.39. The molecular formula is C27H33Br2I5N3O4V2-2. The molecule has 2 aromatic heterocycles. The van der Waals surface area contributed by atoms with Crippen molar-refractivity contribution >= 4 is 144 Å². The maximum atomic E-state index is 12.1. The average Bonchev–Trinajstić information content (AvgIpc) is 3.17. The van der Waals surface area contributed by atoms with Crippen LogP contribution in [0.25, 0.3) is 0 Å². The van der Waals surface area contributed by atoms with E-state index in [2.05, 4.69) is 142 Å². The number of benzene rings is 1. The van der Waals surface area contributed by atoms with E-state index in [4.69, 9.17) is 9.94 Å². The van der Waals surface area contributed by atoms with Gasteiger partial charge in [-0.15, -0.1) is 5.06 Å². The number of halogens is 7. The van der Waals surface area contributed by atoms with Gasteiger partial charge in [0, 0.05) is 39.3 Å². The first-order valence-corrected chi connectivity index (χ1v) is 35.4. The van der Waals surface area contributed by atoms with Crippen LogP contribution in [-0.2, 0) is 32.1 Å². The Labute approximate surface area is 340 Å². The van der Waals surface area contributed by atoms with Crippen molar-refractivity contribution in [3.63, 3.8) is 0 Å². The molecule has 3 aromatic rings. The summed E-state index contributed by atoms with van der Waals surface area (Å²) in [4.78, 5) is 37.6. The van der Waals surface area contributed by atoms with E-state index in [1.165, 1.54) is 0 Å². The zero-order valence-electron chi connectivity index (χ0n) is 22.6. The number of carbonyl (C=O) groups is 2. The Morgan fingerprint density at radius 2 is 1.21 bits per heavy atom. The molecule has 241 valence electrons. The molecule has 4 rings (SSSR count). The number of aryl methyl sites for hydroxylation is 2. The summed E-state index contributed by atoms with van der Waals surface area (Å²) < 4.78 is 1.92. The molecule has 2 amide bonds. The second-order valence-corrected chi connectivity index (χ2v) is 56.4. The topological polar surface area (TPSA) is 92.6 Å². The van der Waals surface area contributed by atoms with Crippen LogP contribution < -0.4 is 0 Å². The van der Waals surface area contributed by atoms with E-state index in [1.54, 1.807) is 36.7 Å². The molecule has 16 heteroatoms. The number of fused-ring (bicyclic) bond motifs is 1.